The van der Waals surface area contributed by atoms with Crippen molar-refractivity contribution < 1.29 is 0 Å². The van der Waals surface area contributed by atoms with E-state index in [2.05, 4.69) is 104 Å². The molecule has 0 aromatic heterocycles. The molecular formula is C18H46N2Si4. The van der Waals surface area contributed by atoms with Crippen molar-refractivity contribution in [2.24, 2.45) is 0 Å². The van der Waals surface area contributed by atoms with Crippen LogP contribution in [-0.2, 0) is 0 Å². The Labute approximate surface area is 160 Å². The summed E-state index contributed by atoms with van der Waals surface area (Å²) in [4.78, 5) is 0. The van der Waals surface area contributed by atoms with Crippen molar-refractivity contribution >= 4 is 36.2 Å². The first-order valence-corrected chi connectivity index (χ1v) is 17.1. The second kappa shape index (κ2) is 6.16. The molecule has 1 aliphatic rings. The highest BCUT2D eigenvalue weighted by Gasteiger charge is 2.61. The molecule has 2 nitrogen and oxygen atoms in total. The minimum Gasteiger partial charge on any atom is -0.354 e. The third-order valence-electron chi connectivity index (χ3n) is 7.79. The van der Waals surface area contributed by atoms with Gasteiger partial charge < -0.3 is 7.79 Å². The van der Waals surface area contributed by atoms with Gasteiger partial charge in [-0.05, 0) is 20.2 Å². The van der Waals surface area contributed by atoms with Crippen LogP contribution in [0.4, 0.5) is 0 Å². The summed E-state index contributed by atoms with van der Waals surface area (Å²) in [6, 6.07) is 0. The van der Waals surface area contributed by atoms with Crippen LogP contribution in [-0.4, -0.2) is 43.9 Å². The van der Waals surface area contributed by atoms with Gasteiger partial charge in [-0.2, -0.15) is 0 Å². The van der Waals surface area contributed by atoms with Gasteiger partial charge in [-0.1, -0.05) is 96.2 Å². The lowest BCUT2D eigenvalue weighted by atomic mass is 10.2. The standard InChI is InChI=1S/C18H46N2Si4/c1-15(2,3)23(13,16(4,5)6)19-21-20(22-19)24(14,17(7,8)9)18(10,11)12/h21-22H2,1-14H3. The molecule has 1 rings (SSSR count). The number of hydrogen-bond donors (Lipinski definition) is 0. The fourth-order valence-corrected chi connectivity index (χ4v) is 37.1. The predicted molar refractivity (Wildman–Crippen MR) is 123 cm³/mol. The maximum Gasteiger partial charge on any atom is 0.147 e. The Morgan fingerprint density at radius 3 is 0.750 bits per heavy atom. The van der Waals surface area contributed by atoms with Crippen LogP contribution in [0.25, 0.3) is 0 Å². The van der Waals surface area contributed by atoms with E-state index in [4.69, 9.17) is 0 Å². The van der Waals surface area contributed by atoms with Gasteiger partial charge in [-0.3, -0.25) is 0 Å². The summed E-state index contributed by atoms with van der Waals surface area (Å²) >= 11 is 0. The second-order valence-corrected chi connectivity index (χ2v) is 32.0. The Kier molecular flexibility index (Phi) is 5.86. The molecular weight excluding hydrogens is 357 g/mol. The van der Waals surface area contributed by atoms with Crippen molar-refractivity contribution in [3.63, 3.8) is 0 Å². The van der Waals surface area contributed by atoms with E-state index in [1.54, 1.807) is 0 Å². The summed E-state index contributed by atoms with van der Waals surface area (Å²) in [6.07, 6.45) is 0. The minimum atomic E-state index is -1.47. The largest absolute Gasteiger partial charge is 0.354 e. The van der Waals surface area contributed by atoms with Gasteiger partial charge in [0.25, 0.3) is 0 Å². The molecule has 0 unspecified atom stereocenters. The zero-order valence-electron chi connectivity index (χ0n) is 19.3. The smallest absolute Gasteiger partial charge is 0.147 e. The Hall–Kier alpha value is 0.788. The highest BCUT2D eigenvalue weighted by Crippen LogP contribution is 2.57. The van der Waals surface area contributed by atoms with E-state index >= 15 is 0 Å². The van der Waals surface area contributed by atoms with Gasteiger partial charge in [-0.25, -0.2) is 0 Å². The summed E-state index contributed by atoms with van der Waals surface area (Å²) in [5.41, 5.74) is 0. The summed E-state index contributed by atoms with van der Waals surface area (Å²) in [7, 11) is -3.43. The van der Waals surface area contributed by atoms with Crippen molar-refractivity contribution in [2.45, 2.75) is 116 Å². The molecule has 1 saturated heterocycles. The van der Waals surface area contributed by atoms with Crippen molar-refractivity contribution in [3.05, 3.63) is 0 Å². The maximum atomic E-state index is 3.16. The van der Waals surface area contributed by atoms with E-state index in [9.17, 15) is 0 Å². The van der Waals surface area contributed by atoms with Crippen molar-refractivity contribution in [1.82, 2.24) is 7.79 Å². The predicted octanol–water partition coefficient (Wildman–Crippen LogP) is 4.95. The summed E-state index contributed by atoms with van der Waals surface area (Å²) in [5, 5.41) is 1.83. The van der Waals surface area contributed by atoms with Gasteiger partial charge in [-0.15, -0.1) is 0 Å². The summed E-state index contributed by atoms with van der Waals surface area (Å²) in [5.74, 6) is 0. The number of hydrogen-bond acceptors (Lipinski definition) is 2. The monoisotopic (exact) mass is 402 g/mol. The van der Waals surface area contributed by atoms with Gasteiger partial charge in [0.2, 0.25) is 0 Å². The molecule has 0 N–H and O–H groups in total. The normalized spacial score (nSPS) is 22.2. The number of rotatable bonds is 2. The summed E-state index contributed by atoms with van der Waals surface area (Å²) < 4.78 is 6.32. The van der Waals surface area contributed by atoms with Crippen LogP contribution < -0.4 is 0 Å². The van der Waals surface area contributed by atoms with E-state index in [1.165, 1.54) is 0 Å². The Balaban J connectivity index is 3.18. The first-order valence-electron chi connectivity index (χ1n) is 9.71. The van der Waals surface area contributed by atoms with Crippen LogP contribution >= 0.6 is 0 Å². The SMILES string of the molecule is CC(C)(C)[Si](C)(N1[SiH2]N([Si](C)(C(C)(C)C)C(C)(C)C)[SiH2]1)C(C)(C)C. The lowest BCUT2D eigenvalue weighted by Crippen LogP contribution is -2.83. The van der Waals surface area contributed by atoms with Crippen LogP contribution in [0.3, 0.4) is 0 Å². The molecule has 0 bridgehead atoms. The topological polar surface area (TPSA) is 6.48 Å². The zero-order chi connectivity index (χ0) is 19.6. The Bertz CT molecular complexity index is 387. The molecule has 0 aromatic carbocycles. The van der Waals surface area contributed by atoms with Crippen molar-refractivity contribution in [2.75, 3.05) is 0 Å². The molecule has 0 spiro atoms. The van der Waals surface area contributed by atoms with Gasteiger partial charge in [0.1, 0.15) is 36.2 Å². The molecule has 0 aliphatic carbocycles. The average Bonchev–Trinajstić information content (AvgIpc) is 2.19. The molecule has 1 fully saturated rings. The first kappa shape index (κ1) is 22.8. The van der Waals surface area contributed by atoms with Crippen LogP contribution in [0.1, 0.15) is 83.1 Å². The molecule has 0 aromatic rings. The molecule has 0 radical (unpaired) electrons. The van der Waals surface area contributed by atoms with E-state index < -0.39 is 16.5 Å². The molecule has 144 valence electrons. The lowest BCUT2D eigenvalue weighted by Gasteiger charge is -2.68. The Morgan fingerprint density at radius 2 is 0.625 bits per heavy atom. The molecule has 1 aliphatic heterocycles. The molecule has 0 amide bonds. The lowest BCUT2D eigenvalue weighted by molar-refractivity contribution is 0.517. The van der Waals surface area contributed by atoms with Gasteiger partial charge in [0.05, 0.1) is 0 Å². The molecule has 0 saturated carbocycles. The van der Waals surface area contributed by atoms with E-state index in [1.807, 2.05) is 0 Å². The third kappa shape index (κ3) is 3.35. The highest BCUT2D eigenvalue weighted by molar-refractivity contribution is 7.03. The maximum absolute atomic E-state index is 3.16. The molecule has 6 heteroatoms. The van der Waals surface area contributed by atoms with Crippen LogP contribution in [0.15, 0.2) is 0 Å². The van der Waals surface area contributed by atoms with E-state index in [0.29, 0.717) is 20.2 Å². The van der Waals surface area contributed by atoms with Crippen LogP contribution in [0.5, 0.6) is 0 Å². The molecule has 24 heavy (non-hydrogen) atoms. The van der Waals surface area contributed by atoms with Crippen LogP contribution in [0.2, 0.25) is 33.2 Å². The van der Waals surface area contributed by atoms with Crippen molar-refractivity contribution in [3.8, 4) is 0 Å². The minimum absolute atomic E-state index is 0.243. The van der Waals surface area contributed by atoms with Crippen LogP contribution in [0, 0.1) is 0 Å². The fraction of sp³-hybridized carbons (Fsp3) is 1.00. The molecule has 1 heterocycles. The third-order valence-corrected chi connectivity index (χ3v) is 35.1. The zero-order valence-corrected chi connectivity index (χ0v) is 24.1. The van der Waals surface area contributed by atoms with Gasteiger partial charge >= 0.3 is 0 Å². The van der Waals surface area contributed by atoms with Gasteiger partial charge in [0, 0.05) is 0 Å². The average molecular weight is 403 g/mol. The fourth-order valence-electron chi connectivity index (χ4n) is 5.08. The van der Waals surface area contributed by atoms with Crippen molar-refractivity contribution in [1.29, 1.82) is 0 Å². The van der Waals surface area contributed by atoms with E-state index in [0.717, 1.165) is 0 Å². The van der Waals surface area contributed by atoms with Gasteiger partial charge in [0.15, 0.2) is 0 Å². The van der Waals surface area contributed by atoms with E-state index in [-0.39, 0.29) is 19.7 Å². The Morgan fingerprint density at radius 1 is 0.458 bits per heavy atom. The first-order chi connectivity index (χ1) is 10.2. The molecule has 0 atom stereocenters. The second-order valence-electron chi connectivity index (χ2n) is 12.5. The number of nitrogens with zero attached hydrogens (tertiary/aromatic N) is 2. The summed E-state index contributed by atoms with van der Waals surface area (Å²) in [6.45, 7) is 35.6. The highest BCUT2D eigenvalue weighted by atomic mass is 28.5. The quantitative estimate of drug-likeness (QED) is 0.603.